The summed E-state index contributed by atoms with van der Waals surface area (Å²) in [6.45, 7) is 2.99. The number of nitrogens with zero attached hydrogens (tertiary/aromatic N) is 3. The number of carbonyl (C=O) groups excluding carboxylic acids is 2. The lowest BCUT2D eigenvalue weighted by atomic mass is 10.2. The maximum Gasteiger partial charge on any atom is 0.230 e. The molecule has 0 aliphatic rings. The van der Waals surface area contributed by atoms with E-state index >= 15 is 0 Å². The van der Waals surface area contributed by atoms with Crippen LogP contribution in [0.4, 0.5) is 5.69 Å². The van der Waals surface area contributed by atoms with E-state index in [1.54, 1.807) is 24.3 Å². The SMILES string of the molecule is Cc1nnc(SCC(=O)NCCCC(=O)Nc2ccc(Cl)cc2)n1Cc1ccccc1. The molecule has 3 rings (SSSR count). The van der Waals surface area contributed by atoms with Crippen LogP contribution in [0.2, 0.25) is 5.02 Å². The van der Waals surface area contributed by atoms with E-state index in [1.807, 2.05) is 41.8 Å². The number of thioether (sulfide) groups is 1. The molecule has 2 N–H and O–H groups in total. The van der Waals surface area contributed by atoms with Crippen molar-refractivity contribution in [3.05, 3.63) is 71.0 Å². The molecular weight excluding hydrogens is 434 g/mol. The van der Waals surface area contributed by atoms with Gasteiger partial charge in [0.25, 0.3) is 0 Å². The summed E-state index contributed by atoms with van der Waals surface area (Å²) in [5, 5.41) is 15.3. The molecule has 2 amide bonds. The van der Waals surface area contributed by atoms with Crippen molar-refractivity contribution >= 4 is 40.9 Å². The largest absolute Gasteiger partial charge is 0.355 e. The van der Waals surface area contributed by atoms with Crippen LogP contribution in [0.3, 0.4) is 0 Å². The molecule has 0 unspecified atom stereocenters. The fourth-order valence-electron chi connectivity index (χ4n) is 2.83. The summed E-state index contributed by atoms with van der Waals surface area (Å²) in [4.78, 5) is 24.1. The van der Waals surface area contributed by atoms with Crippen molar-refractivity contribution in [3.8, 4) is 0 Å². The minimum atomic E-state index is -0.102. The van der Waals surface area contributed by atoms with E-state index in [4.69, 9.17) is 11.6 Å². The van der Waals surface area contributed by atoms with Gasteiger partial charge in [0.2, 0.25) is 11.8 Å². The standard InChI is InChI=1S/C22H24ClN5O2S/c1-16-26-27-22(28(16)14-17-6-3-2-4-7-17)31-15-21(30)24-13-5-8-20(29)25-19-11-9-18(23)10-12-19/h2-4,6-7,9-12H,5,8,13-15H2,1H3,(H,24,30)(H,25,29). The Balaban J connectivity index is 1.37. The highest BCUT2D eigenvalue weighted by Crippen LogP contribution is 2.18. The second-order valence-corrected chi connectivity index (χ2v) is 8.28. The van der Waals surface area contributed by atoms with E-state index in [9.17, 15) is 9.59 Å². The third kappa shape index (κ3) is 7.41. The van der Waals surface area contributed by atoms with E-state index in [0.717, 1.165) is 11.4 Å². The van der Waals surface area contributed by atoms with Gasteiger partial charge in [0, 0.05) is 23.7 Å². The summed E-state index contributed by atoms with van der Waals surface area (Å²) in [7, 11) is 0. The molecule has 1 heterocycles. The summed E-state index contributed by atoms with van der Waals surface area (Å²) in [6, 6.07) is 17.0. The fraction of sp³-hybridized carbons (Fsp3) is 0.273. The third-order valence-corrected chi connectivity index (χ3v) is 5.67. The van der Waals surface area contributed by atoms with Crippen LogP contribution in [0, 0.1) is 6.92 Å². The van der Waals surface area contributed by atoms with Gasteiger partial charge in [0.15, 0.2) is 5.16 Å². The molecule has 0 fully saturated rings. The topological polar surface area (TPSA) is 88.9 Å². The van der Waals surface area contributed by atoms with Gasteiger partial charge >= 0.3 is 0 Å². The average molecular weight is 458 g/mol. The minimum absolute atomic E-state index is 0.101. The van der Waals surface area contributed by atoms with Crippen molar-refractivity contribution < 1.29 is 9.59 Å². The van der Waals surface area contributed by atoms with Crippen molar-refractivity contribution in [1.29, 1.82) is 0 Å². The Morgan fingerprint density at radius 2 is 1.77 bits per heavy atom. The number of halogens is 1. The van der Waals surface area contributed by atoms with Crippen molar-refractivity contribution in [2.24, 2.45) is 0 Å². The highest BCUT2D eigenvalue weighted by atomic mass is 35.5. The number of benzene rings is 2. The Labute approximate surface area is 190 Å². The number of anilines is 1. The number of aromatic nitrogens is 3. The van der Waals surface area contributed by atoms with Crippen LogP contribution >= 0.6 is 23.4 Å². The second kappa shape index (κ2) is 11.5. The zero-order valence-electron chi connectivity index (χ0n) is 17.2. The number of nitrogens with one attached hydrogen (secondary N) is 2. The predicted octanol–water partition coefficient (Wildman–Crippen LogP) is 3.92. The lowest BCUT2D eigenvalue weighted by molar-refractivity contribution is -0.119. The monoisotopic (exact) mass is 457 g/mol. The summed E-state index contributed by atoms with van der Waals surface area (Å²) >= 11 is 7.18. The van der Waals surface area contributed by atoms with E-state index < -0.39 is 0 Å². The molecule has 0 aliphatic heterocycles. The van der Waals surface area contributed by atoms with Gasteiger partial charge < -0.3 is 15.2 Å². The zero-order chi connectivity index (χ0) is 22.1. The molecule has 7 nitrogen and oxygen atoms in total. The van der Waals surface area contributed by atoms with Gasteiger partial charge in [-0.2, -0.15) is 0 Å². The van der Waals surface area contributed by atoms with Gasteiger partial charge in [0.1, 0.15) is 5.82 Å². The van der Waals surface area contributed by atoms with Crippen molar-refractivity contribution in [2.45, 2.75) is 31.5 Å². The van der Waals surface area contributed by atoms with Crippen LogP contribution in [0.1, 0.15) is 24.2 Å². The van der Waals surface area contributed by atoms with E-state index in [0.29, 0.717) is 41.8 Å². The molecule has 2 aromatic carbocycles. The maximum atomic E-state index is 12.2. The van der Waals surface area contributed by atoms with Gasteiger partial charge in [0.05, 0.1) is 12.3 Å². The number of amides is 2. The average Bonchev–Trinajstić information content (AvgIpc) is 3.11. The molecule has 0 bridgehead atoms. The quantitative estimate of drug-likeness (QED) is 0.356. The van der Waals surface area contributed by atoms with E-state index in [1.165, 1.54) is 11.8 Å². The molecule has 0 saturated heterocycles. The maximum absolute atomic E-state index is 12.2. The van der Waals surface area contributed by atoms with Gasteiger partial charge in [-0.25, -0.2) is 0 Å². The number of carbonyl (C=O) groups is 2. The minimum Gasteiger partial charge on any atom is -0.355 e. The Kier molecular flexibility index (Phi) is 8.49. The van der Waals surface area contributed by atoms with Gasteiger partial charge in [-0.1, -0.05) is 53.7 Å². The first-order chi connectivity index (χ1) is 15.0. The molecule has 162 valence electrons. The lowest BCUT2D eigenvalue weighted by Crippen LogP contribution is -2.27. The predicted molar refractivity (Wildman–Crippen MR) is 123 cm³/mol. The highest BCUT2D eigenvalue weighted by Gasteiger charge is 2.12. The molecule has 0 radical (unpaired) electrons. The molecule has 0 aliphatic carbocycles. The zero-order valence-corrected chi connectivity index (χ0v) is 18.7. The second-order valence-electron chi connectivity index (χ2n) is 6.90. The Morgan fingerprint density at radius 3 is 2.52 bits per heavy atom. The van der Waals surface area contributed by atoms with E-state index in [-0.39, 0.29) is 17.6 Å². The van der Waals surface area contributed by atoms with Crippen LogP contribution in [-0.2, 0) is 16.1 Å². The van der Waals surface area contributed by atoms with Gasteiger partial charge in [-0.05, 0) is 43.2 Å². The number of rotatable bonds is 10. The number of hydrogen-bond acceptors (Lipinski definition) is 5. The van der Waals surface area contributed by atoms with Crippen molar-refractivity contribution in [3.63, 3.8) is 0 Å². The summed E-state index contributed by atoms with van der Waals surface area (Å²) in [5.41, 5.74) is 1.85. The molecule has 1 aromatic heterocycles. The molecule has 3 aromatic rings. The van der Waals surface area contributed by atoms with Crippen molar-refractivity contribution in [1.82, 2.24) is 20.1 Å². The van der Waals surface area contributed by atoms with Crippen molar-refractivity contribution in [2.75, 3.05) is 17.6 Å². The highest BCUT2D eigenvalue weighted by molar-refractivity contribution is 7.99. The molecule has 0 spiro atoms. The molecule has 31 heavy (non-hydrogen) atoms. The van der Waals surface area contributed by atoms with E-state index in [2.05, 4.69) is 20.8 Å². The van der Waals surface area contributed by atoms with Gasteiger partial charge in [-0.3, -0.25) is 9.59 Å². The molecule has 9 heteroatoms. The van der Waals surface area contributed by atoms with Crippen LogP contribution in [-0.4, -0.2) is 38.9 Å². The Hall–Kier alpha value is -2.84. The lowest BCUT2D eigenvalue weighted by Gasteiger charge is -2.09. The fourth-order valence-corrected chi connectivity index (χ4v) is 3.77. The number of hydrogen-bond donors (Lipinski definition) is 2. The van der Waals surface area contributed by atoms with Crippen LogP contribution < -0.4 is 10.6 Å². The molecule has 0 saturated carbocycles. The molecule has 0 atom stereocenters. The summed E-state index contributed by atoms with van der Waals surface area (Å²) < 4.78 is 1.99. The first-order valence-electron chi connectivity index (χ1n) is 9.90. The van der Waals surface area contributed by atoms with Crippen LogP contribution in [0.15, 0.2) is 59.8 Å². The van der Waals surface area contributed by atoms with Crippen LogP contribution in [0.5, 0.6) is 0 Å². The normalized spacial score (nSPS) is 10.6. The molecular formula is C22H24ClN5O2S. The number of aryl methyl sites for hydroxylation is 1. The summed E-state index contributed by atoms with van der Waals surface area (Å²) in [5.74, 6) is 0.841. The summed E-state index contributed by atoms with van der Waals surface area (Å²) in [6.07, 6.45) is 0.875. The van der Waals surface area contributed by atoms with Crippen LogP contribution in [0.25, 0.3) is 0 Å². The first kappa shape index (κ1) is 22.8. The first-order valence-corrected chi connectivity index (χ1v) is 11.3. The Bertz CT molecular complexity index is 1010. The Morgan fingerprint density at radius 1 is 1.03 bits per heavy atom. The van der Waals surface area contributed by atoms with Gasteiger partial charge in [-0.15, -0.1) is 10.2 Å². The smallest absolute Gasteiger partial charge is 0.230 e. The third-order valence-electron chi connectivity index (χ3n) is 4.45.